The Labute approximate surface area is 186 Å². The molecule has 2 saturated heterocycles. The van der Waals surface area contributed by atoms with Crippen molar-refractivity contribution in [1.29, 1.82) is 0 Å². The molecule has 2 aliphatic heterocycles. The topological polar surface area (TPSA) is 87.2 Å². The number of β-amino-alcohol motifs (C(OH)–C–C–N with tert-alkyl or cyclic N) is 1. The lowest BCUT2D eigenvalue weighted by Crippen LogP contribution is -2.43. The van der Waals surface area contributed by atoms with Crippen LogP contribution in [0, 0.1) is 5.82 Å². The van der Waals surface area contributed by atoms with Gasteiger partial charge < -0.3 is 29.7 Å². The summed E-state index contributed by atoms with van der Waals surface area (Å²) >= 11 is 0. The van der Waals surface area contributed by atoms with Gasteiger partial charge in [0.2, 0.25) is 0 Å². The number of aromatic nitrogens is 1. The second-order valence-electron chi connectivity index (χ2n) is 8.26. The molecule has 1 aromatic heterocycles. The number of carbonyl (C=O) groups excluding carboxylic acids is 1. The third kappa shape index (κ3) is 5.93. The first-order valence-electron chi connectivity index (χ1n) is 10.9. The maximum Gasteiger partial charge on any atom is 0.260 e. The lowest BCUT2D eigenvalue weighted by molar-refractivity contribution is -0.137. The number of morpholine rings is 1. The number of nitrogens with one attached hydrogen (secondary N) is 1. The highest BCUT2D eigenvalue weighted by Crippen LogP contribution is 2.25. The van der Waals surface area contributed by atoms with Crippen molar-refractivity contribution >= 4 is 11.7 Å². The largest absolute Gasteiger partial charge is 0.484 e. The average Bonchev–Trinajstić information content (AvgIpc) is 3.21. The fraction of sp³-hybridized carbons (Fsp3) is 0.478. The van der Waals surface area contributed by atoms with Crippen LogP contribution in [0.3, 0.4) is 0 Å². The van der Waals surface area contributed by atoms with Crippen molar-refractivity contribution in [3.8, 4) is 5.75 Å². The molecule has 8 nitrogen and oxygen atoms in total. The van der Waals surface area contributed by atoms with Gasteiger partial charge in [0.05, 0.1) is 25.0 Å². The summed E-state index contributed by atoms with van der Waals surface area (Å²) in [6.45, 7) is 4.54. The zero-order valence-corrected chi connectivity index (χ0v) is 18.0. The van der Waals surface area contributed by atoms with Crippen LogP contribution in [0.25, 0.3) is 0 Å². The van der Waals surface area contributed by atoms with Crippen LogP contribution in [0.5, 0.6) is 5.75 Å². The van der Waals surface area contributed by atoms with E-state index in [2.05, 4.69) is 10.3 Å². The molecule has 0 aliphatic carbocycles. The summed E-state index contributed by atoms with van der Waals surface area (Å²) in [6, 6.07) is 10.6. The molecule has 0 radical (unpaired) electrons. The van der Waals surface area contributed by atoms with E-state index in [4.69, 9.17) is 9.47 Å². The highest BCUT2D eigenvalue weighted by molar-refractivity contribution is 5.77. The van der Waals surface area contributed by atoms with E-state index in [9.17, 15) is 14.3 Å². The van der Waals surface area contributed by atoms with Crippen molar-refractivity contribution in [2.75, 3.05) is 57.4 Å². The van der Waals surface area contributed by atoms with E-state index in [1.165, 1.54) is 12.3 Å². The third-order valence-electron chi connectivity index (χ3n) is 5.80. The van der Waals surface area contributed by atoms with E-state index < -0.39 is 5.60 Å². The second-order valence-corrected chi connectivity index (χ2v) is 8.26. The minimum absolute atomic E-state index is 0.0179. The summed E-state index contributed by atoms with van der Waals surface area (Å²) in [5.74, 6) is 0.913. The van der Waals surface area contributed by atoms with Crippen molar-refractivity contribution in [3.05, 3.63) is 54.0 Å². The number of pyridine rings is 1. The Hall–Kier alpha value is -2.75. The van der Waals surface area contributed by atoms with Crippen molar-refractivity contribution in [3.63, 3.8) is 0 Å². The van der Waals surface area contributed by atoms with Gasteiger partial charge in [0.15, 0.2) is 6.61 Å². The Balaban J connectivity index is 1.19. The molecule has 2 aliphatic rings. The zero-order chi connectivity index (χ0) is 22.4. The highest BCUT2D eigenvalue weighted by atomic mass is 19.1. The van der Waals surface area contributed by atoms with Crippen LogP contribution in [-0.2, 0) is 16.1 Å². The van der Waals surface area contributed by atoms with Crippen LogP contribution >= 0.6 is 0 Å². The molecule has 0 saturated carbocycles. The molecule has 2 N–H and O–H groups in total. The minimum atomic E-state index is -0.862. The van der Waals surface area contributed by atoms with Crippen LogP contribution in [0.2, 0.25) is 0 Å². The number of nitrogens with zero attached hydrogens (tertiary/aromatic N) is 3. The van der Waals surface area contributed by atoms with Crippen LogP contribution in [0.1, 0.15) is 12.0 Å². The van der Waals surface area contributed by atoms with Gasteiger partial charge in [0.25, 0.3) is 5.91 Å². The molecule has 1 amide bonds. The molecule has 3 heterocycles. The first-order valence-corrected chi connectivity index (χ1v) is 10.9. The van der Waals surface area contributed by atoms with Gasteiger partial charge in [-0.05, 0) is 36.2 Å². The molecule has 0 bridgehead atoms. The van der Waals surface area contributed by atoms with E-state index in [-0.39, 0.29) is 18.3 Å². The number of anilines is 1. The third-order valence-corrected chi connectivity index (χ3v) is 5.80. The summed E-state index contributed by atoms with van der Waals surface area (Å²) in [4.78, 5) is 20.0. The van der Waals surface area contributed by atoms with Crippen LogP contribution in [0.4, 0.5) is 10.2 Å². The number of amides is 1. The Morgan fingerprint density at radius 3 is 2.69 bits per heavy atom. The molecule has 0 spiro atoms. The first-order chi connectivity index (χ1) is 15.5. The van der Waals surface area contributed by atoms with Gasteiger partial charge >= 0.3 is 0 Å². The van der Waals surface area contributed by atoms with E-state index in [1.54, 1.807) is 11.0 Å². The molecule has 1 aromatic carbocycles. The monoisotopic (exact) mass is 444 g/mol. The molecular formula is C23H29FN4O4. The Morgan fingerprint density at radius 2 is 1.97 bits per heavy atom. The van der Waals surface area contributed by atoms with E-state index in [0.717, 1.165) is 5.56 Å². The van der Waals surface area contributed by atoms with Crippen molar-refractivity contribution in [2.24, 2.45) is 0 Å². The van der Waals surface area contributed by atoms with E-state index in [1.807, 2.05) is 29.2 Å². The van der Waals surface area contributed by atoms with Gasteiger partial charge in [-0.25, -0.2) is 9.37 Å². The van der Waals surface area contributed by atoms with Crippen molar-refractivity contribution in [2.45, 2.75) is 18.6 Å². The summed E-state index contributed by atoms with van der Waals surface area (Å²) in [5, 5.41) is 14.2. The van der Waals surface area contributed by atoms with Crippen LogP contribution in [-0.4, -0.2) is 79.0 Å². The molecule has 9 heteroatoms. The number of hydrogen-bond donors (Lipinski definition) is 2. The smallest absolute Gasteiger partial charge is 0.260 e. The summed E-state index contributed by atoms with van der Waals surface area (Å²) in [5.41, 5.74) is 0.189. The summed E-state index contributed by atoms with van der Waals surface area (Å²) in [7, 11) is 0. The van der Waals surface area contributed by atoms with Gasteiger partial charge in [-0.2, -0.15) is 0 Å². The predicted octanol–water partition coefficient (Wildman–Crippen LogP) is 1.19. The molecule has 4 rings (SSSR count). The van der Waals surface area contributed by atoms with Gasteiger partial charge in [0, 0.05) is 39.3 Å². The Bertz CT molecular complexity index is 890. The van der Waals surface area contributed by atoms with Gasteiger partial charge in [-0.1, -0.05) is 12.1 Å². The number of rotatable bonds is 8. The summed E-state index contributed by atoms with van der Waals surface area (Å²) in [6.07, 6.45) is 1.81. The van der Waals surface area contributed by atoms with Crippen LogP contribution < -0.4 is 15.0 Å². The highest BCUT2D eigenvalue weighted by Gasteiger charge is 2.36. The number of ether oxygens (including phenoxy) is 2. The molecule has 0 unspecified atom stereocenters. The number of benzene rings is 1. The molecular weight excluding hydrogens is 415 g/mol. The van der Waals surface area contributed by atoms with E-state index in [0.29, 0.717) is 70.5 Å². The predicted molar refractivity (Wildman–Crippen MR) is 117 cm³/mol. The lowest BCUT2D eigenvalue weighted by atomic mass is 10.0. The maximum atomic E-state index is 13.1. The van der Waals surface area contributed by atoms with Gasteiger partial charge in [-0.3, -0.25) is 4.79 Å². The molecule has 32 heavy (non-hydrogen) atoms. The number of carbonyl (C=O) groups is 1. The molecule has 2 aromatic rings. The Morgan fingerprint density at radius 1 is 1.19 bits per heavy atom. The normalized spacial score (nSPS) is 21.1. The Kier molecular flexibility index (Phi) is 7.19. The quantitative estimate of drug-likeness (QED) is 0.633. The van der Waals surface area contributed by atoms with Gasteiger partial charge in [-0.15, -0.1) is 0 Å². The number of aliphatic hydroxyl groups is 1. The number of halogens is 1. The summed E-state index contributed by atoms with van der Waals surface area (Å²) < 4.78 is 23.9. The van der Waals surface area contributed by atoms with E-state index >= 15 is 0 Å². The molecule has 172 valence electrons. The first kappa shape index (κ1) is 22.4. The van der Waals surface area contributed by atoms with Crippen molar-refractivity contribution in [1.82, 2.24) is 15.2 Å². The fourth-order valence-electron chi connectivity index (χ4n) is 3.94. The maximum absolute atomic E-state index is 13.1. The van der Waals surface area contributed by atoms with Crippen molar-refractivity contribution < 1.29 is 23.8 Å². The molecule has 2 fully saturated rings. The van der Waals surface area contributed by atoms with Gasteiger partial charge in [0.1, 0.15) is 17.4 Å². The standard InChI is InChI=1S/C23H29FN4O4/c24-19-3-6-21(26-14-19)28-8-7-23(30,17-28)16-25-13-18-1-4-20(5-2-18)32-15-22(29)27-9-11-31-12-10-27/h1-6,14,25,30H,7-13,15-17H2/t23-/m0/s1. The molecule has 1 atom stereocenters. The lowest BCUT2D eigenvalue weighted by Gasteiger charge is -2.26. The number of hydrogen-bond acceptors (Lipinski definition) is 7. The minimum Gasteiger partial charge on any atom is -0.484 e. The average molecular weight is 445 g/mol. The second kappa shape index (κ2) is 10.2. The fourth-order valence-corrected chi connectivity index (χ4v) is 3.94. The SMILES string of the molecule is O=C(COc1ccc(CNC[C@@]2(O)CCN(c3ccc(F)cn3)C2)cc1)N1CCOCC1. The zero-order valence-electron chi connectivity index (χ0n) is 18.0. The van der Waals surface area contributed by atoms with Crippen LogP contribution in [0.15, 0.2) is 42.6 Å².